The largest absolute Gasteiger partial charge is 0.489 e. The number of nitro benzene ring substituents is 1. The molecule has 1 aromatic rings. The van der Waals surface area contributed by atoms with Crippen LogP contribution < -0.4 is 4.74 Å². The van der Waals surface area contributed by atoms with E-state index in [-0.39, 0.29) is 12.3 Å². The predicted octanol–water partition coefficient (Wildman–Crippen LogP) is 3.63. The topological polar surface area (TPSA) is 76.2 Å². The minimum Gasteiger partial charge on any atom is -0.489 e. The molecule has 0 amide bonds. The number of non-ortho nitro benzene ring substituents is 1. The highest BCUT2D eigenvalue weighted by Crippen LogP contribution is 2.37. The van der Waals surface area contributed by atoms with Gasteiger partial charge in [-0.3, -0.25) is 10.1 Å². The Bertz CT molecular complexity index is 467. The van der Waals surface area contributed by atoms with E-state index in [2.05, 4.69) is 31.9 Å². The van der Waals surface area contributed by atoms with E-state index < -0.39 is 10.3 Å². The summed E-state index contributed by atoms with van der Waals surface area (Å²) in [7, 11) is 0. The van der Waals surface area contributed by atoms with Crippen LogP contribution >= 0.6 is 43.5 Å². The number of nitriles is 1. The first-order valence-electron chi connectivity index (χ1n) is 4.25. The third-order valence-corrected chi connectivity index (χ3v) is 3.11. The summed E-state index contributed by atoms with van der Waals surface area (Å²) in [6.07, 6.45) is 0. The van der Waals surface area contributed by atoms with Crippen LogP contribution in [0, 0.1) is 21.4 Å². The summed E-state index contributed by atoms with van der Waals surface area (Å²) in [5.41, 5.74) is -0.0705. The Morgan fingerprint density at radius 2 is 2.06 bits per heavy atom. The van der Waals surface area contributed by atoms with Crippen molar-refractivity contribution in [3.8, 4) is 11.8 Å². The molecule has 0 heterocycles. The summed E-state index contributed by atoms with van der Waals surface area (Å²) in [6, 6.07) is 4.44. The quantitative estimate of drug-likeness (QED) is 0.451. The molecule has 0 aliphatic rings. The Kier molecular flexibility index (Phi) is 5.18. The van der Waals surface area contributed by atoms with E-state index >= 15 is 0 Å². The molecular formula is C9H5Br2ClN2O3. The molecule has 0 radical (unpaired) electrons. The number of nitro groups is 1. The summed E-state index contributed by atoms with van der Waals surface area (Å²) in [4.78, 5) is 10.1. The zero-order chi connectivity index (χ0) is 13.0. The lowest BCUT2D eigenvalue weighted by molar-refractivity contribution is -0.385. The van der Waals surface area contributed by atoms with Crippen molar-refractivity contribution in [1.29, 1.82) is 5.26 Å². The fourth-order valence-corrected chi connectivity index (χ4v) is 2.44. The first-order chi connectivity index (χ1) is 7.95. The van der Waals surface area contributed by atoms with Crippen LogP contribution in [0.2, 0.25) is 0 Å². The number of hydrogen-bond acceptors (Lipinski definition) is 4. The molecule has 0 bridgehead atoms. The van der Waals surface area contributed by atoms with Crippen molar-refractivity contribution in [3.63, 3.8) is 0 Å². The Balaban J connectivity index is 2.95. The highest BCUT2D eigenvalue weighted by molar-refractivity contribution is 9.11. The van der Waals surface area contributed by atoms with Gasteiger partial charge in [-0.25, -0.2) is 0 Å². The van der Waals surface area contributed by atoms with Crippen molar-refractivity contribution in [2.24, 2.45) is 0 Å². The second-order valence-corrected chi connectivity index (χ2v) is 5.14. The van der Waals surface area contributed by atoms with Crippen molar-refractivity contribution in [1.82, 2.24) is 0 Å². The molecule has 0 aliphatic carbocycles. The molecule has 17 heavy (non-hydrogen) atoms. The van der Waals surface area contributed by atoms with Gasteiger partial charge in [-0.05, 0) is 31.9 Å². The highest BCUT2D eigenvalue weighted by atomic mass is 79.9. The summed E-state index contributed by atoms with van der Waals surface area (Å²) >= 11 is 11.9. The number of halogens is 3. The second kappa shape index (κ2) is 6.19. The van der Waals surface area contributed by atoms with E-state index in [1.54, 1.807) is 6.07 Å². The highest BCUT2D eigenvalue weighted by Gasteiger charge is 2.16. The van der Waals surface area contributed by atoms with Gasteiger partial charge in [0, 0.05) is 12.1 Å². The molecule has 0 aromatic heterocycles. The molecule has 5 nitrogen and oxygen atoms in total. The van der Waals surface area contributed by atoms with Crippen LogP contribution in [0.4, 0.5) is 5.69 Å². The van der Waals surface area contributed by atoms with Gasteiger partial charge in [-0.15, -0.1) is 11.6 Å². The number of rotatable bonds is 4. The van der Waals surface area contributed by atoms with Gasteiger partial charge in [0.2, 0.25) is 0 Å². The molecule has 8 heteroatoms. The summed E-state index contributed by atoms with van der Waals surface area (Å²) < 4.78 is 6.12. The summed E-state index contributed by atoms with van der Waals surface area (Å²) in [6.45, 7) is -0.00688. The van der Waals surface area contributed by atoms with Crippen LogP contribution in [0.3, 0.4) is 0 Å². The molecule has 1 aromatic carbocycles. The smallest absolute Gasteiger partial charge is 0.271 e. The van der Waals surface area contributed by atoms with E-state index in [4.69, 9.17) is 21.6 Å². The predicted molar refractivity (Wildman–Crippen MR) is 69.2 cm³/mol. The zero-order valence-electron chi connectivity index (χ0n) is 8.19. The third kappa shape index (κ3) is 3.84. The van der Waals surface area contributed by atoms with Gasteiger partial charge in [0.25, 0.3) is 5.69 Å². The van der Waals surface area contributed by atoms with Gasteiger partial charge in [0.15, 0.2) is 5.38 Å². The van der Waals surface area contributed by atoms with Crippen LogP contribution in [-0.4, -0.2) is 16.9 Å². The third-order valence-electron chi connectivity index (χ3n) is 1.71. The Hall–Kier alpha value is -0.840. The number of alkyl halides is 1. The average Bonchev–Trinajstić information content (AvgIpc) is 2.27. The lowest BCUT2D eigenvalue weighted by Gasteiger charge is -2.10. The molecule has 0 saturated carbocycles. The maximum atomic E-state index is 10.6. The zero-order valence-corrected chi connectivity index (χ0v) is 12.1. The van der Waals surface area contributed by atoms with Gasteiger partial charge in [-0.2, -0.15) is 5.26 Å². The van der Waals surface area contributed by atoms with Crippen molar-refractivity contribution in [2.45, 2.75) is 5.38 Å². The van der Waals surface area contributed by atoms with Crippen molar-refractivity contribution in [2.75, 3.05) is 6.61 Å². The Morgan fingerprint density at radius 1 is 1.53 bits per heavy atom. The first kappa shape index (κ1) is 14.2. The number of nitrogens with zero attached hydrogens (tertiary/aromatic N) is 2. The standard InChI is InChI=1S/C9H5Br2ClN2O3/c10-7-1-6(14(15)16)2-8(11)9(7)17-4-5(12)3-13/h1-2,5H,4H2. The molecule has 1 unspecified atom stereocenters. The van der Waals surface area contributed by atoms with Crippen LogP contribution in [0.5, 0.6) is 5.75 Å². The maximum absolute atomic E-state index is 10.6. The Morgan fingerprint density at radius 3 is 2.47 bits per heavy atom. The SMILES string of the molecule is N#CC(Cl)COc1c(Br)cc([N+](=O)[O-])cc1Br. The van der Waals surface area contributed by atoms with Gasteiger partial charge in [0.1, 0.15) is 12.4 Å². The number of ether oxygens (including phenoxy) is 1. The molecule has 90 valence electrons. The van der Waals surface area contributed by atoms with Crippen LogP contribution in [-0.2, 0) is 0 Å². The van der Waals surface area contributed by atoms with Crippen LogP contribution in [0.25, 0.3) is 0 Å². The minimum atomic E-state index is -0.774. The molecule has 0 fully saturated rings. The second-order valence-electron chi connectivity index (χ2n) is 2.90. The molecule has 1 rings (SSSR count). The van der Waals surface area contributed by atoms with Crippen LogP contribution in [0.1, 0.15) is 0 Å². The van der Waals surface area contributed by atoms with Crippen LogP contribution in [0.15, 0.2) is 21.1 Å². The van der Waals surface area contributed by atoms with E-state index in [0.29, 0.717) is 14.7 Å². The number of hydrogen-bond donors (Lipinski definition) is 0. The monoisotopic (exact) mass is 382 g/mol. The summed E-state index contributed by atoms with van der Waals surface area (Å²) in [5, 5.41) is 18.3. The normalized spacial score (nSPS) is 11.6. The van der Waals surface area contributed by atoms with E-state index in [9.17, 15) is 10.1 Å². The van der Waals surface area contributed by atoms with E-state index in [1.807, 2.05) is 0 Å². The van der Waals surface area contributed by atoms with Gasteiger partial charge >= 0.3 is 0 Å². The number of benzene rings is 1. The molecule has 0 spiro atoms. The van der Waals surface area contributed by atoms with Gasteiger partial charge < -0.3 is 4.74 Å². The summed E-state index contributed by atoms with van der Waals surface area (Å²) in [5.74, 6) is 0.372. The Labute approximate surface area is 119 Å². The molecule has 0 N–H and O–H groups in total. The first-order valence-corrected chi connectivity index (χ1v) is 6.28. The lowest BCUT2D eigenvalue weighted by atomic mass is 10.3. The minimum absolute atomic E-state index is 0.00688. The molecule has 1 atom stereocenters. The molecule has 0 aliphatic heterocycles. The fraction of sp³-hybridized carbons (Fsp3) is 0.222. The fourth-order valence-electron chi connectivity index (χ4n) is 0.984. The molecular weight excluding hydrogens is 379 g/mol. The maximum Gasteiger partial charge on any atom is 0.271 e. The van der Waals surface area contributed by atoms with Crippen molar-refractivity contribution < 1.29 is 9.66 Å². The van der Waals surface area contributed by atoms with Crippen molar-refractivity contribution in [3.05, 3.63) is 31.2 Å². The van der Waals surface area contributed by atoms with Gasteiger partial charge in [0.05, 0.1) is 19.9 Å². The lowest BCUT2D eigenvalue weighted by Crippen LogP contribution is -2.09. The van der Waals surface area contributed by atoms with E-state index in [0.717, 1.165) is 0 Å². The average molecular weight is 384 g/mol. The van der Waals surface area contributed by atoms with Gasteiger partial charge in [-0.1, -0.05) is 0 Å². The van der Waals surface area contributed by atoms with E-state index in [1.165, 1.54) is 12.1 Å². The molecule has 0 saturated heterocycles. The van der Waals surface area contributed by atoms with Crippen molar-refractivity contribution >= 4 is 49.1 Å².